The number of hydrogen-bond acceptors (Lipinski definition) is 4. The molecule has 2 rings (SSSR count). The third kappa shape index (κ3) is 7.64. The van der Waals surface area contributed by atoms with Gasteiger partial charge in [-0.05, 0) is 25.6 Å². The molecule has 1 aliphatic rings. The van der Waals surface area contributed by atoms with Crippen LogP contribution in [-0.2, 0) is 11.3 Å². The van der Waals surface area contributed by atoms with Crippen LogP contribution in [0.1, 0.15) is 11.1 Å². The van der Waals surface area contributed by atoms with Gasteiger partial charge in [0, 0.05) is 38.8 Å². The van der Waals surface area contributed by atoms with E-state index in [9.17, 15) is 13.2 Å². The first-order valence-electron chi connectivity index (χ1n) is 8.80. The lowest BCUT2D eigenvalue weighted by molar-refractivity contribution is -0.153. The molecule has 1 aromatic rings. The van der Waals surface area contributed by atoms with Crippen LogP contribution in [0.25, 0.3) is 0 Å². The van der Waals surface area contributed by atoms with Crippen molar-refractivity contribution in [2.75, 3.05) is 46.9 Å². The van der Waals surface area contributed by atoms with E-state index in [-0.39, 0.29) is 11.9 Å². The number of rotatable bonds is 6. The van der Waals surface area contributed by atoms with Crippen LogP contribution in [-0.4, -0.2) is 70.1 Å². The van der Waals surface area contributed by atoms with Crippen molar-refractivity contribution >= 4 is 5.96 Å². The van der Waals surface area contributed by atoms with E-state index in [4.69, 9.17) is 9.47 Å². The highest BCUT2D eigenvalue weighted by Gasteiger charge is 2.28. The summed E-state index contributed by atoms with van der Waals surface area (Å²) < 4.78 is 48.0. The van der Waals surface area contributed by atoms with Crippen LogP contribution < -0.4 is 15.4 Å². The fourth-order valence-electron chi connectivity index (χ4n) is 2.70. The summed E-state index contributed by atoms with van der Waals surface area (Å²) in [6.07, 6.45) is -4.31. The van der Waals surface area contributed by atoms with Crippen LogP contribution in [0.15, 0.2) is 23.2 Å². The summed E-state index contributed by atoms with van der Waals surface area (Å²) >= 11 is 0. The number of alkyl halides is 3. The number of aryl methyl sites for hydroxylation is 1. The number of halogens is 3. The molecular weight excluding hydrogens is 361 g/mol. The van der Waals surface area contributed by atoms with Gasteiger partial charge in [0.15, 0.2) is 12.6 Å². The molecular formula is C18H27F3N4O2. The van der Waals surface area contributed by atoms with Crippen molar-refractivity contribution < 1.29 is 22.6 Å². The Bertz CT molecular complexity index is 638. The van der Waals surface area contributed by atoms with Crippen molar-refractivity contribution in [2.45, 2.75) is 25.7 Å². The molecule has 0 amide bonds. The van der Waals surface area contributed by atoms with Gasteiger partial charge in [0.25, 0.3) is 0 Å². The Labute approximate surface area is 157 Å². The molecule has 0 aromatic heterocycles. The Kier molecular flexibility index (Phi) is 7.73. The van der Waals surface area contributed by atoms with E-state index >= 15 is 0 Å². The van der Waals surface area contributed by atoms with Crippen molar-refractivity contribution in [1.29, 1.82) is 0 Å². The molecule has 1 atom stereocenters. The standard InChI is InChI=1S/C18H27F3N4O2/c1-13-4-5-14(16(8-13)27-12-18(19,20)21)9-23-17(22-2)24-10-15-11-25(3)6-7-26-15/h4-5,8,15H,6-7,9-12H2,1-3H3,(H2,22,23,24). The molecule has 0 saturated carbocycles. The molecule has 152 valence electrons. The zero-order chi connectivity index (χ0) is 19.9. The molecule has 6 nitrogen and oxygen atoms in total. The van der Waals surface area contributed by atoms with E-state index in [1.54, 1.807) is 26.1 Å². The molecule has 1 unspecified atom stereocenters. The minimum Gasteiger partial charge on any atom is -0.484 e. The van der Waals surface area contributed by atoms with Crippen LogP contribution in [0.4, 0.5) is 13.2 Å². The molecule has 1 saturated heterocycles. The summed E-state index contributed by atoms with van der Waals surface area (Å²) in [6.45, 7) is 3.81. The van der Waals surface area contributed by atoms with Crippen molar-refractivity contribution in [3.63, 3.8) is 0 Å². The molecule has 2 N–H and O–H groups in total. The Balaban J connectivity index is 1.89. The molecule has 1 aromatic carbocycles. The van der Waals surface area contributed by atoms with Gasteiger partial charge in [-0.1, -0.05) is 12.1 Å². The van der Waals surface area contributed by atoms with Gasteiger partial charge < -0.3 is 25.0 Å². The minimum atomic E-state index is -4.38. The Hall–Kier alpha value is -2.00. The molecule has 1 heterocycles. The lowest BCUT2D eigenvalue weighted by Crippen LogP contribution is -2.48. The molecule has 9 heteroatoms. The predicted molar refractivity (Wildman–Crippen MR) is 98.2 cm³/mol. The maximum atomic E-state index is 12.5. The molecule has 0 aliphatic carbocycles. The smallest absolute Gasteiger partial charge is 0.422 e. The van der Waals surface area contributed by atoms with E-state index in [0.717, 1.165) is 18.7 Å². The number of likely N-dealkylation sites (N-methyl/N-ethyl adjacent to an activating group) is 1. The van der Waals surface area contributed by atoms with Gasteiger partial charge in [0.2, 0.25) is 0 Å². The SMILES string of the molecule is CN=C(NCc1ccc(C)cc1OCC(F)(F)F)NCC1CN(C)CCO1. The third-order valence-electron chi connectivity index (χ3n) is 4.12. The number of hydrogen-bond donors (Lipinski definition) is 2. The van der Waals surface area contributed by atoms with Crippen LogP contribution in [0.5, 0.6) is 5.75 Å². The first kappa shape index (κ1) is 21.3. The Morgan fingerprint density at radius 3 is 2.81 bits per heavy atom. The molecule has 0 bridgehead atoms. The van der Waals surface area contributed by atoms with E-state index < -0.39 is 12.8 Å². The van der Waals surface area contributed by atoms with Crippen LogP contribution in [0, 0.1) is 6.92 Å². The highest BCUT2D eigenvalue weighted by molar-refractivity contribution is 5.79. The lowest BCUT2D eigenvalue weighted by Gasteiger charge is -2.30. The van der Waals surface area contributed by atoms with E-state index in [0.29, 0.717) is 31.2 Å². The van der Waals surface area contributed by atoms with Crippen LogP contribution in [0.3, 0.4) is 0 Å². The number of benzene rings is 1. The first-order valence-corrected chi connectivity index (χ1v) is 8.80. The second-order valence-corrected chi connectivity index (χ2v) is 6.58. The zero-order valence-electron chi connectivity index (χ0n) is 15.9. The predicted octanol–water partition coefficient (Wildman–Crippen LogP) is 1.93. The van der Waals surface area contributed by atoms with Crippen molar-refractivity contribution in [3.8, 4) is 5.75 Å². The van der Waals surface area contributed by atoms with Gasteiger partial charge in [-0.2, -0.15) is 13.2 Å². The van der Waals surface area contributed by atoms with Gasteiger partial charge in [-0.15, -0.1) is 0 Å². The average Bonchev–Trinajstić information content (AvgIpc) is 2.60. The number of nitrogens with zero attached hydrogens (tertiary/aromatic N) is 2. The number of nitrogens with one attached hydrogen (secondary N) is 2. The minimum absolute atomic E-state index is 0.0624. The molecule has 0 spiro atoms. The molecule has 0 radical (unpaired) electrons. The largest absolute Gasteiger partial charge is 0.484 e. The third-order valence-corrected chi connectivity index (χ3v) is 4.12. The Morgan fingerprint density at radius 2 is 2.15 bits per heavy atom. The first-order chi connectivity index (χ1) is 12.8. The monoisotopic (exact) mass is 388 g/mol. The zero-order valence-corrected chi connectivity index (χ0v) is 15.9. The second kappa shape index (κ2) is 9.80. The van der Waals surface area contributed by atoms with Crippen molar-refractivity contribution in [2.24, 2.45) is 4.99 Å². The Morgan fingerprint density at radius 1 is 1.37 bits per heavy atom. The summed E-state index contributed by atoms with van der Waals surface area (Å²) in [4.78, 5) is 6.34. The van der Waals surface area contributed by atoms with E-state index in [2.05, 4.69) is 20.5 Å². The van der Waals surface area contributed by atoms with Gasteiger partial charge in [-0.25, -0.2) is 0 Å². The number of aliphatic imine (C=N–C) groups is 1. The molecule has 1 aliphatic heterocycles. The number of guanidine groups is 1. The normalized spacial score (nSPS) is 19.0. The second-order valence-electron chi connectivity index (χ2n) is 6.58. The van der Waals surface area contributed by atoms with Crippen LogP contribution >= 0.6 is 0 Å². The summed E-state index contributed by atoms with van der Waals surface area (Å²) in [5.41, 5.74) is 1.46. The summed E-state index contributed by atoms with van der Waals surface area (Å²) in [5.74, 6) is 0.765. The topological polar surface area (TPSA) is 58.1 Å². The number of morpholine rings is 1. The van der Waals surface area contributed by atoms with E-state index in [1.807, 2.05) is 13.1 Å². The summed E-state index contributed by atoms with van der Waals surface area (Å²) in [6, 6.07) is 5.19. The highest BCUT2D eigenvalue weighted by Crippen LogP contribution is 2.23. The highest BCUT2D eigenvalue weighted by atomic mass is 19.4. The molecule has 1 fully saturated rings. The molecule has 27 heavy (non-hydrogen) atoms. The lowest BCUT2D eigenvalue weighted by atomic mass is 10.1. The fraction of sp³-hybridized carbons (Fsp3) is 0.611. The van der Waals surface area contributed by atoms with Crippen LogP contribution in [0.2, 0.25) is 0 Å². The van der Waals surface area contributed by atoms with Crippen molar-refractivity contribution in [1.82, 2.24) is 15.5 Å². The maximum absolute atomic E-state index is 12.5. The van der Waals surface area contributed by atoms with E-state index in [1.165, 1.54) is 0 Å². The van der Waals surface area contributed by atoms with Crippen molar-refractivity contribution in [3.05, 3.63) is 29.3 Å². The number of ether oxygens (including phenoxy) is 2. The average molecular weight is 388 g/mol. The quantitative estimate of drug-likeness (QED) is 0.576. The maximum Gasteiger partial charge on any atom is 0.422 e. The van der Waals surface area contributed by atoms with Gasteiger partial charge in [0.1, 0.15) is 5.75 Å². The van der Waals surface area contributed by atoms with Gasteiger partial charge >= 0.3 is 6.18 Å². The van der Waals surface area contributed by atoms with Gasteiger partial charge in [0.05, 0.1) is 12.7 Å². The van der Waals surface area contributed by atoms with Gasteiger partial charge in [-0.3, -0.25) is 4.99 Å². The summed E-state index contributed by atoms with van der Waals surface area (Å²) in [5, 5.41) is 6.29. The fourth-order valence-corrected chi connectivity index (χ4v) is 2.70. The summed E-state index contributed by atoms with van der Waals surface area (Å²) in [7, 11) is 3.68.